The van der Waals surface area contributed by atoms with Gasteiger partial charge in [0.2, 0.25) is 10.0 Å². The summed E-state index contributed by atoms with van der Waals surface area (Å²) in [4.78, 5) is 6.67. The van der Waals surface area contributed by atoms with Gasteiger partial charge in [0.05, 0.1) is 12.0 Å². The number of hydrogen-bond donors (Lipinski definition) is 1. The SMILES string of the molecule is COc1c(C)cc(S(=O)(=O)NCC2CCN(c3ccncc3)CC2)cc1C. The van der Waals surface area contributed by atoms with Gasteiger partial charge in [0.15, 0.2) is 0 Å². The van der Waals surface area contributed by atoms with Crippen LogP contribution in [0.5, 0.6) is 5.75 Å². The van der Waals surface area contributed by atoms with Crippen molar-refractivity contribution in [3.8, 4) is 5.75 Å². The molecule has 1 saturated heterocycles. The largest absolute Gasteiger partial charge is 0.496 e. The Morgan fingerprint density at radius 3 is 2.30 bits per heavy atom. The number of methoxy groups -OCH3 is 1. The smallest absolute Gasteiger partial charge is 0.240 e. The molecule has 0 radical (unpaired) electrons. The van der Waals surface area contributed by atoms with Crippen molar-refractivity contribution in [2.75, 3.05) is 31.6 Å². The van der Waals surface area contributed by atoms with Crippen LogP contribution in [-0.4, -0.2) is 40.1 Å². The van der Waals surface area contributed by atoms with Gasteiger partial charge >= 0.3 is 0 Å². The number of nitrogens with one attached hydrogen (secondary N) is 1. The monoisotopic (exact) mass is 389 g/mol. The number of piperidine rings is 1. The highest BCUT2D eigenvalue weighted by Gasteiger charge is 2.23. The van der Waals surface area contributed by atoms with E-state index in [1.54, 1.807) is 31.6 Å². The van der Waals surface area contributed by atoms with E-state index in [-0.39, 0.29) is 0 Å². The molecule has 0 saturated carbocycles. The number of hydrogen-bond acceptors (Lipinski definition) is 5. The summed E-state index contributed by atoms with van der Waals surface area (Å²) < 4.78 is 33.5. The predicted molar refractivity (Wildman–Crippen MR) is 107 cm³/mol. The van der Waals surface area contributed by atoms with E-state index in [0.717, 1.165) is 42.8 Å². The number of sulfonamides is 1. The van der Waals surface area contributed by atoms with E-state index in [2.05, 4.69) is 14.6 Å². The summed E-state index contributed by atoms with van der Waals surface area (Å²) in [6.07, 6.45) is 5.53. The van der Waals surface area contributed by atoms with E-state index in [1.165, 1.54) is 5.69 Å². The molecule has 1 aromatic heterocycles. The Bertz CT molecular complexity index is 854. The normalized spacial score (nSPS) is 15.7. The zero-order chi connectivity index (χ0) is 19.4. The van der Waals surface area contributed by atoms with Crippen LogP contribution < -0.4 is 14.4 Å². The molecule has 27 heavy (non-hydrogen) atoms. The topological polar surface area (TPSA) is 71.5 Å². The summed E-state index contributed by atoms with van der Waals surface area (Å²) in [5.41, 5.74) is 2.82. The summed E-state index contributed by atoms with van der Waals surface area (Å²) in [6, 6.07) is 7.36. The minimum Gasteiger partial charge on any atom is -0.496 e. The van der Waals surface area contributed by atoms with Crippen molar-refractivity contribution in [1.29, 1.82) is 0 Å². The fourth-order valence-electron chi connectivity index (χ4n) is 3.65. The first kappa shape index (κ1) is 19.6. The van der Waals surface area contributed by atoms with Crippen LogP contribution in [0, 0.1) is 19.8 Å². The molecule has 6 nitrogen and oxygen atoms in total. The van der Waals surface area contributed by atoms with Gasteiger partial charge in [-0.3, -0.25) is 4.98 Å². The van der Waals surface area contributed by atoms with Gasteiger partial charge in [0.25, 0.3) is 0 Å². The summed E-state index contributed by atoms with van der Waals surface area (Å²) in [7, 11) is -1.93. The molecule has 0 spiro atoms. The molecular weight excluding hydrogens is 362 g/mol. The van der Waals surface area contributed by atoms with Crippen LogP contribution in [0.25, 0.3) is 0 Å². The van der Waals surface area contributed by atoms with Crippen LogP contribution >= 0.6 is 0 Å². The number of pyridine rings is 1. The highest BCUT2D eigenvalue weighted by molar-refractivity contribution is 7.89. The molecular formula is C20H27N3O3S. The van der Waals surface area contributed by atoms with Crippen molar-refractivity contribution in [3.05, 3.63) is 47.8 Å². The van der Waals surface area contributed by atoms with E-state index in [4.69, 9.17) is 4.74 Å². The first-order valence-electron chi connectivity index (χ1n) is 9.20. The predicted octanol–water partition coefficient (Wildman–Crippen LogP) is 2.90. The lowest BCUT2D eigenvalue weighted by atomic mass is 9.97. The molecule has 2 heterocycles. The van der Waals surface area contributed by atoms with Crippen LogP contribution in [0.3, 0.4) is 0 Å². The Morgan fingerprint density at radius 1 is 1.15 bits per heavy atom. The van der Waals surface area contributed by atoms with Gasteiger partial charge in [-0.05, 0) is 68.0 Å². The summed E-state index contributed by atoms with van der Waals surface area (Å²) in [5.74, 6) is 1.08. The average Bonchev–Trinajstić information content (AvgIpc) is 2.67. The molecule has 2 aromatic rings. The van der Waals surface area contributed by atoms with Gasteiger partial charge in [-0.1, -0.05) is 0 Å². The second kappa shape index (κ2) is 8.27. The molecule has 7 heteroatoms. The Balaban J connectivity index is 1.59. The molecule has 1 fully saturated rings. The van der Waals surface area contributed by atoms with E-state index >= 15 is 0 Å². The van der Waals surface area contributed by atoms with Gasteiger partial charge in [0.1, 0.15) is 5.75 Å². The Kier molecular flexibility index (Phi) is 6.01. The van der Waals surface area contributed by atoms with Gasteiger partial charge in [-0.25, -0.2) is 13.1 Å². The lowest BCUT2D eigenvalue weighted by molar-refractivity contribution is 0.401. The zero-order valence-electron chi connectivity index (χ0n) is 16.1. The lowest BCUT2D eigenvalue weighted by Crippen LogP contribution is -2.38. The standard InChI is InChI=1S/C20H27N3O3S/c1-15-12-19(13-16(2)20(15)26-3)27(24,25)22-14-17-6-10-23(11-7-17)18-4-8-21-9-5-18/h4-5,8-9,12-13,17,22H,6-7,10-11,14H2,1-3H3. The van der Waals surface area contributed by atoms with E-state index in [1.807, 2.05) is 26.0 Å². The zero-order valence-corrected chi connectivity index (χ0v) is 16.9. The van der Waals surface area contributed by atoms with Gasteiger partial charge in [-0.15, -0.1) is 0 Å². The third kappa shape index (κ3) is 4.59. The molecule has 3 rings (SSSR count). The van der Waals surface area contributed by atoms with Crippen LogP contribution in [0.2, 0.25) is 0 Å². The molecule has 1 N–H and O–H groups in total. The maximum absolute atomic E-state index is 12.7. The highest BCUT2D eigenvalue weighted by atomic mass is 32.2. The fraction of sp³-hybridized carbons (Fsp3) is 0.450. The van der Waals surface area contributed by atoms with Crippen molar-refractivity contribution in [2.24, 2.45) is 5.92 Å². The van der Waals surface area contributed by atoms with Gasteiger partial charge < -0.3 is 9.64 Å². The number of ether oxygens (including phenoxy) is 1. The molecule has 0 unspecified atom stereocenters. The summed E-state index contributed by atoms with van der Waals surface area (Å²) in [6.45, 7) is 6.05. The number of benzene rings is 1. The van der Waals surface area contributed by atoms with Crippen LogP contribution in [0.1, 0.15) is 24.0 Å². The highest BCUT2D eigenvalue weighted by Crippen LogP contribution is 2.27. The second-order valence-electron chi connectivity index (χ2n) is 7.08. The molecule has 0 atom stereocenters. The minimum absolute atomic E-state index is 0.299. The number of rotatable bonds is 6. The Morgan fingerprint density at radius 2 is 1.74 bits per heavy atom. The number of aryl methyl sites for hydroxylation is 2. The lowest BCUT2D eigenvalue weighted by Gasteiger charge is -2.33. The van der Waals surface area contributed by atoms with E-state index in [0.29, 0.717) is 17.4 Å². The van der Waals surface area contributed by atoms with E-state index < -0.39 is 10.0 Å². The van der Waals surface area contributed by atoms with Crippen molar-refractivity contribution < 1.29 is 13.2 Å². The maximum Gasteiger partial charge on any atom is 0.240 e. The molecule has 1 aromatic carbocycles. The van der Waals surface area contributed by atoms with Gasteiger partial charge in [0, 0.05) is 37.7 Å². The third-order valence-corrected chi connectivity index (χ3v) is 6.56. The maximum atomic E-state index is 12.7. The molecule has 1 aliphatic rings. The molecule has 0 aliphatic carbocycles. The van der Waals surface area contributed by atoms with Crippen LogP contribution in [-0.2, 0) is 10.0 Å². The second-order valence-corrected chi connectivity index (χ2v) is 8.85. The first-order valence-corrected chi connectivity index (χ1v) is 10.7. The molecule has 0 bridgehead atoms. The third-order valence-electron chi connectivity index (χ3n) is 5.15. The molecule has 0 amide bonds. The van der Waals surface area contributed by atoms with Crippen molar-refractivity contribution in [2.45, 2.75) is 31.6 Å². The Labute approximate surface area is 161 Å². The summed E-state index contributed by atoms with van der Waals surface area (Å²) >= 11 is 0. The number of aromatic nitrogens is 1. The number of nitrogens with zero attached hydrogens (tertiary/aromatic N) is 2. The first-order chi connectivity index (χ1) is 12.9. The van der Waals surface area contributed by atoms with Crippen LogP contribution in [0.15, 0.2) is 41.6 Å². The minimum atomic E-state index is -3.52. The quantitative estimate of drug-likeness (QED) is 0.822. The number of anilines is 1. The summed E-state index contributed by atoms with van der Waals surface area (Å²) in [5, 5.41) is 0. The fourth-order valence-corrected chi connectivity index (χ4v) is 4.93. The molecule has 1 aliphatic heterocycles. The average molecular weight is 390 g/mol. The van der Waals surface area contributed by atoms with Crippen molar-refractivity contribution >= 4 is 15.7 Å². The van der Waals surface area contributed by atoms with E-state index in [9.17, 15) is 8.42 Å². The van der Waals surface area contributed by atoms with Crippen molar-refractivity contribution in [1.82, 2.24) is 9.71 Å². The van der Waals surface area contributed by atoms with Crippen LogP contribution in [0.4, 0.5) is 5.69 Å². The van der Waals surface area contributed by atoms with Gasteiger partial charge in [-0.2, -0.15) is 0 Å². The Hall–Kier alpha value is -2.12. The molecule has 146 valence electrons. The van der Waals surface area contributed by atoms with Crippen molar-refractivity contribution in [3.63, 3.8) is 0 Å².